The second-order valence-corrected chi connectivity index (χ2v) is 2.91. The Kier molecular flexibility index (Phi) is 1.94. The number of amides is 1. The SMILES string of the molecule is NC(=O)c1nnn2cc(C(=O)O)nc(N)c12. The third kappa shape index (κ3) is 1.30. The smallest absolute Gasteiger partial charge is 0.356 e. The number of aromatic carboxylic acids is 1. The zero-order valence-electron chi connectivity index (χ0n) is 7.78. The van der Waals surface area contributed by atoms with Crippen molar-refractivity contribution in [2.75, 3.05) is 5.73 Å². The van der Waals surface area contributed by atoms with E-state index in [0.29, 0.717) is 0 Å². The van der Waals surface area contributed by atoms with Crippen molar-refractivity contribution in [2.45, 2.75) is 0 Å². The van der Waals surface area contributed by atoms with Crippen LogP contribution in [0, 0.1) is 0 Å². The maximum absolute atomic E-state index is 11.0. The molecule has 0 aliphatic heterocycles. The Bertz CT molecular complexity index is 603. The quantitative estimate of drug-likeness (QED) is 0.559. The fourth-order valence-electron chi connectivity index (χ4n) is 1.22. The number of anilines is 1. The molecule has 0 spiro atoms. The Hall–Kier alpha value is -2.71. The first kappa shape index (κ1) is 9.83. The summed E-state index contributed by atoms with van der Waals surface area (Å²) >= 11 is 0. The molecule has 0 saturated carbocycles. The van der Waals surface area contributed by atoms with Crippen molar-refractivity contribution in [2.24, 2.45) is 5.73 Å². The molecule has 5 N–H and O–H groups in total. The van der Waals surface area contributed by atoms with E-state index in [-0.39, 0.29) is 22.7 Å². The molecule has 82 valence electrons. The average molecular weight is 222 g/mol. The van der Waals surface area contributed by atoms with Gasteiger partial charge in [-0.05, 0) is 0 Å². The average Bonchev–Trinajstić information content (AvgIpc) is 2.61. The summed E-state index contributed by atoms with van der Waals surface area (Å²) in [5, 5.41) is 15.7. The molecular weight excluding hydrogens is 216 g/mol. The van der Waals surface area contributed by atoms with E-state index in [1.807, 2.05) is 0 Å². The second-order valence-electron chi connectivity index (χ2n) is 2.91. The van der Waals surface area contributed by atoms with Gasteiger partial charge in [0.1, 0.15) is 5.52 Å². The van der Waals surface area contributed by atoms with Gasteiger partial charge in [-0.25, -0.2) is 14.3 Å². The molecule has 1 amide bonds. The molecule has 2 rings (SSSR count). The van der Waals surface area contributed by atoms with Gasteiger partial charge in [-0.2, -0.15) is 0 Å². The van der Waals surface area contributed by atoms with Crippen LogP contribution < -0.4 is 11.5 Å². The standard InChI is InChI=1S/C7H6N6O3/c8-5-4-3(6(9)14)11-12-13(4)1-2(10-5)7(15)16/h1H,(H2,8,10)(H2,9,14)(H,15,16). The largest absolute Gasteiger partial charge is 0.476 e. The lowest BCUT2D eigenvalue weighted by molar-refractivity contribution is 0.0689. The zero-order chi connectivity index (χ0) is 11.9. The lowest BCUT2D eigenvalue weighted by Crippen LogP contribution is -2.13. The number of nitrogens with two attached hydrogens (primary N) is 2. The number of carboxylic acid groups (broad SMARTS) is 1. The van der Waals surface area contributed by atoms with Crippen LogP contribution in [-0.4, -0.2) is 36.8 Å². The van der Waals surface area contributed by atoms with Crippen molar-refractivity contribution in [1.82, 2.24) is 19.8 Å². The lowest BCUT2D eigenvalue weighted by Gasteiger charge is -1.99. The van der Waals surface area contributed by atoms with Gasteiger partial charge in [-0.3, -0.25) is 4.79 Å². The van der Waals surface area contributed by atoms with E-state index < -0.39 is 11.9 Å². The number of carbonyl (C=O) groups is 2. The van der Waals surface area contributed by atoms with Gasteiger partial charge in [0.25, 0.3) is 5.91 Å². The molecule has 0 aliphatic carbocycles. The van der Waals surface area contributed by atoms with Gasteiger partial charge in [-0.15, -0.1) is 5.10 Å². The van der Waals surface area contributed by atoms with Gasteiger partial charge >= 0.3 is 5.97 Å². The molecule has 0 bridgehead atoms. The van der Waals surface area contributed by atoms with E-state index in [9.17, 15) is 9.59 Å². The molecule has 2 aromatic rings. The molecular formula is C7H6N6O3. The van der Waals surface area contributed by atoms with Crippen LogP contribution in [-0.2, 0) is 0 Å². The van der Waals surface area contributed by atoms with Crippen molar-refractivity contribution in [1.29, 1.82) is 0 Å². The summed E-state index contributed by atoms with van der Waals surface area (Å²) in [7, 11) is 0. The first-order valence-corrected chi connectivity index (χ1v) is 4.05. The Balaban J connectivity index is 2.78. The highest BCUT2D eigenvalue weighted by Gasteiger charge is 2.17. The van der Waals surface area contributed by atoms with Crippen LogP contribution in [0.5, 0.6) is 0 Å². The van der Waals surface area contributed by atoms with Gasteiger partial charge in [0.2, 0.25) is 0 Å². The van der Waals surface area contributed by atoms with Gasteiger partial charge in [0.05, 0.1) is 6.20 Å². The molecule has 0 unspecified atom stereocenters. The molecule has 2 heterocycles. The van der Waals surface area contributed by atoms with Gasteiger partial charge < -0.3 is 16.6 Å². The molecule has 0 aliphatic rings. The molecule has 2 aromatic heterocycles. The Morgan fingerprint density at radius 2 is 2.12 bits per heavy atom. The van der Waals surface area contributed by atoms with Crippen LogP contribution in [0.2, 0.25) is 0 Å². The molecule has 0 radical (unpaired) electrons. The highest BCUT2D eigenvalue weighted by Crippen LogP contribution is 2.14. The van der Waals surface area contributed by atoms with Crippen molar-refractivity contribution >= 4 is 23.2 Å². The molecule has 0 saturated heterocycles. The number of hydrogen-bond acceptors (Lipinski definition) is 6. The van der Waals surface area contributed by atoms with E-state index in [1.54, 1.807) is 0 Å². The molecule has 16 heavy (non-hydrogen) atoms. The van der Waals surface area contributed by atoms with Crippen LogP contribution >= 0.6 is 0 Å². The van der Waals surface area contributed by atoms with E-state index >= 15 is 0 Å². The zero-order valence-corrected chi connectivity index (χ0v) is 7.78. The van der Waals surface area contributed by atoms with Crippen LogP contribution in [0.25, 0.3) is 5.52 Å². The van der Waals surface area contributed by atoms with E-state index in [0.717, 1.165) is 10.7 Å². The van der Waals surface area contributed by atoms with Crippen molar-refractivity contribution < 1.29 is 14.7 Å². The molecule has 9 heteroatoms. The summed E-state index contributed by atoms with van der Waals surface area (Å²) < 4.78 is 1.05. The maximum atomic E-state index is 11.0. The second kappa shape index (κ2) is 3.15. The summed E-state index contributed by atoms with van der Waals surface area (Å²) in [5.41, 5.74) is 10.2. The highest BCUT2D eigenvalue weighted by molar-refractivity contribution is 6.00. The number of carboxylic acids is 1. The fourth-order valence-corrected chi connectivity index (χ4v) is 1.22. The predicted molar refractivity (Wildman–Crippen MR) is 50.7 cm³/mol. The minimum absolute atomic E-state index is 0.0949. The lowest BCUT2D eigenvalue weighted by atomic mass is 10.3. The monoisotopic (exact) mass is 222 g/mol. The minimum Gasteiger partial charge on any atom is -0.476 e. The summed E-state index contributed by atoms with van der Waals surface area (Å²) in [6.07, 6.45) is 1.09. The number of primary amides is 1. The predicted octanol–water partition coefficient (Wildman–Crippen LogP) is -1.50. The minimum atomic E-state index is -1.26. The third-order valence-corrected chi connectivity index (χ3v) is 1.88. The number of hydrogen-bond donors (Lipinski definition) is 3. The summed E-state index contributed by atoms with van der Waals surface area (Å²) in [4.78, 5) is 25.2. The van der Waals surface area contributed by atoms with Crippen LogP contribution in [0.4, 0.5) is 5.82 Å². The number of nitrogens with zero attached hydrogens (tertiary/aromatic N) is 4. The number of nitrogen functional groups attached to an aromatic ring is 1. The molecule has 0 fully saturated rings. The van der Waals surface area contributed by atoms with Crippen LogP contribution in [0.15, 0.2) is 6.20 Å². The van der Waals surface area contributed by atoms with Crippen molar-refractivity contribution in [3.05, 3.63) is 17.6 Å². The first-order chi connectivity index (χ1) is 7.50. The third-order valence-electron chi connectivity index (χ3n) is 1.88. The van der Waals surface area contributed by atoms with Crippen molar-refractivity contribution in [3.8, 4) is 0 Å². The fraction of sp³-hybridized carbons (Fsp3) is 0. The van der Waals surface area contributed by atoms with E-state index in [1.165, 1.54) is 0 Å². The molecule has 0 aromatic carbocycles. The van der Waals surface area contributed by atoms with Crippen LogP contribution in [0.1, 0.15) is 21.0 Å². The molecule has 9 nitrogen and oxygen atoms in total. The molecule has 0 atom stereocenters. The number of carbonyl (C=O) groups excluding carboxylic acids is 1. The van der Waals surface area contributed by atoms with E-state index in [2.05, 4.69) is 15.3 Å². The van der Waals surface area contributed by atoms with Gasteiger partial charge in [-0.1, -0.05) is 5.21 Å². The number of fused-ring (bicyclic) bond motifs is 1. The van der Waals surface area contributed by atoms with E-state index in [4.69, 9.17) is 16.6 Å². The maximum Gasteiger partial charge on any atom is 0.356 e. The van der Waals surface area contributed by atoms with Gasteiger partial charge in [0, 0.05) is 0 Å². The van der Waals surface area contributed by atoms with Gasteiger partial charge in [0.15, 0.2) is 17.2 Å². The van der Waals surface area contributed by atoms with Crippen molar-refractivity contribution in [3.63, 3.8) is 0 Å². The number of aromatic nitrogens is 4. The summed E-state index contributed by atoms with van der Waals surface area (Å²) in [6.45, 7) is 0. The Morgan fingerprint density at radius 3 is 2.69 bits per heavy atom. The highest BCUT2D eigenvalue weighted by atomic mass is 16.4. The normalized spacial score (nSPS) is 10.5. The Morgan fingerprint density at radius 1 is 1.44 bits per heavy atom. The summed E-state index contributed by atoms with van der Waals surface area (Å²) in [6, 6.07) is 0. The number of rotatable bonds is 2. The topological polar surface area (TPSA) is 149 Å². The first-order valence-electron chi connectivity index (χ1n) is 4.05. The van der Waals surface area contributed by atoms with Crippen LogP contribution in [0.3, 0.4) is 0 Å². The Labute approximate surface area is 87.7 Å². The summed E-state index contributed by atoms with van der Waals surface area (Å²) in [5.74, 6) is -2.24.